The second kappa shape index (κ2) is 9.22. The van der Waals surface area contributed by atoms with Crippen molar-refractivity contribution in [3.8, 4) is 0 Å². The molecule has 0 atom stereocenters. The minimum Gasteiger partial charge on any atom is -0.388 e. The van der Waals surface area contributed by atoms with Crippen molar-refractivity contribution in [1.29, 1.82) is 0 Å². The average Bonchev–Trinajstić information content (AvgIpc) is 3.01. The maximum Gasteiger partial charge on any atom is 0.233 e. The minimum atomic E-state index is -0.612. The fraction of sp³-hybridized carbons (Fsp3) is 0.882. The lowest BCUT2D eigenvalue weighted by atomic mass is 10.0. The standard InChI is InChI=1S/C17H33N5O2/c1-3-19-16(20-13-17(24)8-4-5-9-17)21-14-6-10-22(11-7-14)12-15(23)18-2/h14,24H,3-13H2,1-2H3,(H,18,23)(H2,19,20,21). The van der Waals surface area contributed by atoms with Crippen LogP contribution in [0.15, 0.2) is 4.99 Å². The maximum absolute atomic E-state index is 11.4. The number of carbonyl (C=O) groups excluding carboxylic acids is 1. The Kier molecular flexibility index (Phi) is 7.30. The summed E-state index contributed by atoms with van der Waals surface area (Å²) in [5.41, 5.74) is -0.612. The normalized spacial score (nSPS) is 22.4. The number of aliphatic imine (C=N–C) groups is 1. The summed E-state index contributed by atoms with van der Waals surface area (Å²) in [5, 5.41) is 19.9. The van der Waals surface area contributed by atoms with Gasteiger partial charge in [-0.05, 0) is 32.6 Å². The Labute approximate surface area is 145 Å². The molecule has 7 heteroatoms. The highest BCUT2D eigenvalue weighted by molar-refractivity contribution is 5.80. The number of piperidine rings is 1. The van der Waals surface area contributed by atoms with Crippen molar-refractivity contribution in [2.75, 3.05) is 39.8 Å². The first kappa shape index (κ1) is 19.0. The van der Waals surface area contributed by atoms with Gasteiger partial charge in [0, 0.05) is 32.7 Å². The fourth-order valence-electron chi connectivity index (χ4n) is 3.45. The van der Waals surface area contributed by atoms with Gasteiger partial charge in [0.15, 0.2) is 5.96 Å². The highest BCUT2D eigenvalue weighted by Gasteiger charge is 2.31. The van der Waals surface area contributed by atoms with Gasteiger partial charge in [0.1, 0.15) is 0 Å². The first-order valence-electron chi connectivity index (χ1n) is 9.25. The van der Waals surface area contributed by atoms with Crippen molar-refractivity contribution < 1.29 is 9.90 Å². The third-order valence-electron chi connectivity index (χ3n) is 4.98. The highest BCUT2D eigenvalue weighted by atomic mass is 16.3. The van der Waals surface area contributed by atoms with Crippen LogP contribution in [0, 0.1) is 0 Å². The van der Waals surface area contributed by atoms with Crippen LogP contribution in [0.2, 0.25) is 0 Å². The van der Waals surface area contributed by atoms with Gasteiger partial charge in [-0.1, -0.05) is 12.8 Å². The number of rotatable bonds is 6. The van der Waals surface area contributed by atoms with Crippen LogP contribution in [0.1, 0.15) is 45.4 Å². The zero-order chi connectivity index (χ0) is 17.4. The van der Waals surface area contributed by atoms with Crippen molar-refractivity contribution in [3.63, 3.8) is 0 Å². The lowest BCUT2D eigenvalue weighted by molar-refractivity contribution is -0.122. The molecule has 0 aromatic carbocycles. The molecule has 24 heavy (non-hydrogen) atoms. The topological polar surface area (TPSA) is 89.0 Å². The van der Waals surface area contributed by atoms with E-state index in [0.29, 0.717) is 19.1 Å². The molecule has 2 rings (SSSR count). The van der Waals surface area contributed by atoms with Crippen LogP contribution in [-0.2, 0) is 4.79 Å². The molecule has 1 aliphatic carbocycles. The van der Waals surface area contributed by atoms with Gasteiger partial charge < -0.3 is 21.1 Å². The van der Waals surface area contributed by atoms with Gasteiger partial charge in [-0.15, -0.1) is 0 Å². The minimum absolute atomic E-state index is 0.0705. The number of carbonyl (C=O) groups is 1. The number of nitrogens with zero attached hydrogens (tertiary/aromatic N) is 2. The summed E-state index contributed by atoms with van der Waals surface area (Å²) >= 11 is 0. The van der Waals surface area contributed by atoms with Gasteiger partial charge >= 0.3 is 0 Å². The second-order valence-corrected chi connectivity index (χ2v) is 6.99. The number of nitrogens with one attached hydrogen (secondary N) is 3. The lowest BCUT2D eigenvalue weighted by Gasteiger charge is -2.32. The average molecular weight is 339 g/mol. The van der Waals surface area contributed by atoms with Crippen LogP contribution in [-0.4, -0.2) is 73.3 Å². The number of likely N-dealkylation sites (N-methyl/N-ethyl adjacent to an activating group) is 1. The van der Waals surface area contributed by atoms with E-state index in [1.165, 1.54) is 0 Å². The third-order valence-corrected chi connectivity index (χ3v) is 4.98. The second-order valence-electron chi connectivity index (χ2n) is 6.99. The number of amides is 1. The van der Waals surface area contributed by atoms with E-state index >= 15 is 0 Å². The van der Waals surface area contributed by atoms with Crippen molar-refractivity contribution in [2.24, 2.45) is 4.99 Å². The molecule has 2 fully saturated rings. The third kappa shape index (κ3) is 5.94. The molecule has 7 nitrogen and oxygen atoms in total. The SMILES string of the molecule is CCNC(=NCC1(O)CCCC1)NC1CCN(CC(=O)NC)CC1. The molecule has 1 heterocycles. The maximum atomic E-state index is 11.4. The van der Waals surface area contributed by atoms with Crippen molar-refractivity contribution in [3.05, 3.63) is 0 Å². The molecule has 0 spiro atoms. The van der Waals surface area contributed by atoms with Crippen molar-refractivity contribution >= 4 is 11.9 Å². The van der Waals surface area contributed by atoms with Crippen molar-refractivity contribution in [2.45, 2.75) is 57.1 Å². The first-order valence-corrected chi connectivity index (χ1v) is 9.25. The quantitative estimate of drug-likeness (QED) is 0.406. The van der Waals surface area contributed by atoms with E-state index in [4.69, 9.17) is 0 Å². The van der Waals surface area contributed by atoms with Crippen LogP contribution >= 0.6 is 0 Å². The molecular formula is C17H33N5O2. The Morgan fingerprint density at radius 1 is 1.29 bits per heavy atom. The number of guanidine groups is 1. The van der Waals surface area contributed by atoms with Crippen LogP contribution in [0.25, 0.3) is 0 Å². The van der Waals surface area contributed by atoms with E-state index in [-0.39, 0.29) is 5.91 Å². The summed E-state index contributed by atoms with van der Waals surface area (Å²) < 4.78 is 0. The fourth-order valence-corrected chi connectivity index (χ4v) is 3.45. The summed E-state index contributed by atoms with van der Waals surface area (Å²) in [6.07, 6.45) is 5.89. The number of hydrogen-bond acceptors (Lipinski definition) is 4. The molecule has 1 saturated heterocycles. The van der Waals surface area contributed by atoms with Crippen LogP contribution in [0.4, 0.5) is 0 Å². The van der Waals surface area contributed by atoms with Gasteiger partial charge in [0.05, 0.1) is 18.7 Å². The largest absolute Gasteiger partial charge is 0.388 e. The zero-order valence-corrected chi connectivity index (χ0v) is 15.1. The van der Waals surface area contributed by atoms with E-state index < -0.39 is 5.60 Å². The highest BCUT2D eigenvalue weighted by Crippen LogP contribution is 2.29. The number of hydrogen-bond donors (Lipinski definition) is 4. The molecule has 4 N–H and O–H groups in total. The monoisotopic (exact) mass is 339 g/mol. The van der Waals surface area contributed by atoms with Crippen LogP contribution in [0.3, 0.4) is 0 Å². The van der Waals surface area contributed by atoms with Crippen LogP contribution in [0.5, 0.6) is 0 Å². The van der Waals surface area contributed by atoms with Gasteiger partial charge in [-0.25, -0.2) is 0 Å². The number of aliphatic hydroxyl groups is 1. The predicted octanol–water partition coefficient (Wildman–Crippen LogP) is 0.0570. The summed E-state index contributed by atoms with van der Waals surface area (Å²) in [4.78, 5) is 18.2. The Balaban J connectivity index is 1.79. The molecule has 1 saturated carbocycles. The molecule has 1 aliphatic heterocycles. The van der Waals surface area contributed by atoms with Crippen LogP contribution < -0.4 is 16.0 Å². The van der Waals surface area contributed by atoms with Gasteiger partial charge in [-0.2, -0.15) is 0 Å². The summed E-state index contributed by atoms with van der Waals surface area (Å²) in [7, 11) is 1.67. The molecule has 0 radical (unpaired) electrons. The molecule has 0 aromatic heterocycles. The van der Waals surface area contributed by atoms with Gasteiger partial charge in [0.25, 0.3) is 0 Å². The Morgan fingerprint density at radius 2 is 1.96 bits per heavy atom. The Bertz CT molecular complexity index is 427. The molecule has 0 aromatic rings. The lowest BCUT2D eigenvalue weighted by Crippen LogP contribution is -2.50. The van der Waals surface area contributed by atoms with E-state index in [2.05, 4.69) is 25.8 Å². The molecule has 138 valence electrons. The van der Waals surface area contributed by atoms with Gasteiger partial charge in [0.2, 0.25) is 5.91 Å². The first-order chi connectivity index (χ1) is 11.5. The van der Waals surface area contributed by atoms with Gasteiger partial charge in [-0.3, -0.25) is 14.7 Å². The number of likely N-dealkylation sites (tertiary alicyclic amines) is 1. The molecular weight excluding hydrogens is 306 g/mol. The summed E-state index contributed by atoms with van der Waals surface area (Å²) in [5.74, 6) is 0.865. The molecule has 1 amide bonds. The summed E-state index contributed by atoms with van der Waals surface area (Å²) in [6, 6.07) is 0.363. The van der Waals surface area contributed by atoms with E-state index in [0.717, 1.165) is 64.1 Å². The van der Waals surface area contributed by atoms with E-state index in [9.17, 15) is 9.90 Å². The molecule has 0 bridgehead atoms. The Hall–Kier alpha value is -1.34. The predicted molar refractivity (Wildman–Crippen MR) is 96.1 cm³/mol. The van der Waals surface area contributed by atoms with E-state index in [1.54, 1.807) is 7.05 Å². The Morgan fingerprint density at radius 3 is 2.54 bits per heavy atom. The molecule has 0 unspecified atom stereocenters. The molecule has 2 aliphatic rings. The van der Waals surface area contributed by atoms with E-state index in [1.807, 2.05) is 6.92 Å². The zero-order valence-electron chi connectivity index (χ0n) is 15.1. The van der Waals surface area contributed by atoms with Crippen molar-refractivity contribution in [1.82, 2.24) is 20.9 Å². The smallest absolute Gasteiger partial charge is 0.233 e. The summed E-state index contributed by atoms with van der Waals surface area (Å²) in [6.45, 7) is 5.62.